The number of aromatic nitrogens is 3. The number of carbonyl (C=O) groups is 1. The summed E-state index contributed by atoms with van der Waals surface area (Å²) in [6.07, 6.45) is 2.76. The van der Waals surface area contributed by atoms with E-state index in [1.807, 2.05) is 41.3 Å². The van der Waals surface area contributed by atoms with Gasteiger partial charge in [0, 0.05) is 24.8 Å². The standard InChI is InChI=1S/C22H28N4O2/c1-5-13-26-20(24-19-7-6-12-23-21(19)26)15-25(14-16(2)3)22(27)17-8-10-18(28-4)11-9-17/h6-12,16H,5,13-15H2,1-4H3. The number of fused-ring (bicyclic) bond motifs is 1. The molecule has 0 bridgehead atoms. The summed E-state index contributed by atoms with van der Waals surface area (Å²) >= 11 is 0. The molecule has 148 valence electrons. The third-order valence-electron chi connectivity index (χ3n) is 4.57. The molecule has 6 nitrogen and oxygen atoms in total. The maximum absolute atomic E-state index is 13.2. The number of methoxy groups -OCH3 is 1. The van der Waals surface area contributed by atoms with E-state index in [1.54, 1.807) is 13.3 Å². The molecular formula is C22H28N4O2. The second-order valence-corrected chi connectivity index (χ2v) is 7.33. The highest BCUT2D eigenvalue weighted by Gasteiger charge is 2.21. The zero-order chi connectivity index (χ0) is 20.1. The van der Waals surface area contributed by atoms with Gasteiger partial charge in [-0.3, -0.25) is 4.79 Å². The third-order valence-corrected chi connectivity index (χ3v) is 4.57. The van der Waals surface area contributed by atoms with Crippen molar-refractivity contribution in [3.8, 4) is 5.75 Å². The fourth-order valence-electron chi connectivity index (χ4n) is 3.33. The van der Waals surface area contributed by atoms with E-state index in [0.29, 0.717) is 24.6 Å². The summed E-state index contributed by atoms with van der Waals surface area (Å²) in [5, 5.41) is 0. The lowest BCUT2D eigenvalue weighted by Crippen LogP contribution is -2.34. The molecule has 0 radical (unpaired) electrons. The largest absolute Gasteiger partial charge is 0.497 e. The Morgan fingerprint density at radius 3 is 2.61 bits per heavy atom. The van der Waals surface area contributed by atoms with Crippen LogP contribution in [0.3, 0.4) is 0 Å². The number of hydrogen-bond acceptors (Lipinski definition) is 4. The van der Waals surface area contributed by atoms with Crippen molar-refractivity contribution >= 4 is 17.1 Å². The first-order chi connectivity index (χ1) is 13.5. The van der Waals surface area contributed by atoms with Crippen molar-refractivity contribution in [2.24, 2.45) is 5.92 Å². The van der Waals surface area contributed by atoms with Crippen LogP contribution in [0.4, 0.5) is 0 Å². The van der Waals surface area contributed by atoms with E-state index in [0.717, 1.165) is 35.7 Å². The molecule has 0 spiro atoms. The molecule has 3 rings (SSSR count). The molecule has 0 aliphatic rings. The molecule has 3 aromatic rings. The fourth-order valence-corrected chi connectivity index (χ4v) is 3.33. The normalized spacial score (nSPS) is 11.2. The quantitative estimate of drug-likeness (QED) is 0.589. The Morgan fingerprint density at radius 1 is 1.21 bits per heavy atom. The second kappa shape index (κ2) is 8.87. The first-order valence-corrected chi connectivity index (χ1v) is 9.77. The van der Waals surface area contributed by atoms with Crippen LogP contribution in [-0.4, -0.2) is 39.0 Å². The number of ether oxygens (including phenoxy) is 1. The van der Waals surface area contributed by atoms with E-state index >= 15 is 0 Å². The second-order valence-electron chi connectivity index (χ2n) is 7.33. The summed E-state index contributed by atoms with van der Waals surface area (Å²) < 4.78 is 7.33. The van der Waals surface area contributed by atoms with Gasteiger partial charge in [-0.15, -0.1) is 0 Å². The molecule has 1 amide bonds. The van der Waals surface area contributed by atoms with Gasteiger partial charge in [-0.25, -0.2) is 9.97 Å². The number of nitrogens with zero attached hydrogens (tertiary/aromatic N) is 4. The van der Waals surface area contributed by atoms with Crippen molar-refractivity contribution in [2.45, 2.75) is 40.3 Å². The Hall–Kier alpha value is -2.89. The molecule has 2 aromatic heterocycles. The van der Waals surface area contributed by atoms with Crippen molar-refractivity contribution in [1.29, 1.82) is 0 Å². The third kappa shape index (κ3) is 4.32. The maximum Gasteiger partial charge on any atom is 0.254 e. The van der Waals surface area contributed by atoms with Gasteiger partial charge >= 0.3 is 0 Å². The Kier molecular flexibility index (Phi) is 6.29. The van der Waals surface area contributed by atoms with Crippen molar-refractivity contribution in [3.05, 3.63) is 54.0 Å². The Labute approximate surface area is 166 Å². The van der Waals surface area contributed by atoms with Gasteiger partial charge in [-0.05, 0) is 48.7 Å². The topological polar surface area (TPSA) is 60.2 Å². The number of hydrogen-bond donors (Lipinski definition) is 0. The van der Waals surface area contributed by atoms with Crippen LogP contribution in [0, 0.1) is 5.92 Å². The van der Waals surface area contributed by atoms with E-state index in [4.69, 9.17) is 9.72 Å². The average Bonchev–Trinajstić information content (AvgIpc) is 3.04. The molecular weight excluding hydrogens is 352 g/mol. The van der Waals surface area contributed by atoms with Crippen LogP contribution in [-0.2, 0) is 13.1 Å². The van der Waals surface area contributed by atoms with Crippen molar-refractivity contribution < 1.29 is 9.53 Å². The highest BCUT2D eigenvalue weighted by Crippen LogP contribution is 2.19. The number of pyridine rings is 1. The lowest BCUT2D eigenvalue weighted by atomic mass is 10.1. The zero-order valence-corrected chi connectivity index (χ0v) is 17.1. The minimum Gasteiger partial charge on any atom is -0.497 e. The van der Waals surface area contributed by atoms with Gasteiger partial charge < -0.3 is 14.2 Å². The van der Waals surface area contributed by atoms with Gasteiger partial charge in [0.25, 0.3) is 5.91 Å². The summed E-state index contributed by atoms with van der Waals surface area (Å²) in [4.78, 5) is 24.3. The summed E-state index contributed by atoms with van der Waals surface area (Å²) in [6, 6.07) is 11.1. The minimum atomic E-state index is -0.000540. The Balaban J connectivity index is 1.93. The molecule has 0 atom stereocenters. The van der Waals surface area contributed by atoms with Gasteiger partial charge in [0.2, 0.25) is 0 Å². The maximum atomic E-state index is 13.2. The molecule has 0 saturated heterocycles. The van der Waals surface area contributed by atoms with Crippen molar-refractivity contribution in [3.63, 3.8) is 0 Å². The predicted octanol–water partition coefficient (Wildman–Crippen LogP) is 4.15. The van der Waals surface area contributed by atoms with Gasteiger partial charge in [-0.2, -0.15) is 0 Å². The molecule has 1 aromatic carbocycles. The Morgan fingerprint density at radius 2 is 1.96 bits per heavy atom. The first kappa shape index (κ1) is 19.9. The molecule has 28 heavy (non-hydrogen) atoms. The van der Waals surface area contributed by atoms with E-state index in [1.165, 1.54) is 0 Å². The summed E-state index contributed by atoms with van der Waals surface area (Å²) in [5.41, 5.74) is 2.39. The molecule has 0 aliphatic heterocycles. The highest BCUT2D eigenvalue weighted by atomic mass is 16.5. The van der Waals surface area contributed by atoms with E-state index in [-0.39, 0.29) is 5.91 Å². The molecule has 0 saturated carbocycles. The van der Waals surface area contributed by atoms with Crippen molar-refractivity contribution in [2.75, 3.05) is 13.7 Å². The molecule has 0 aliphatic carbocycles. The smallest absolute Gasteiger partial charge is 0.254 e. The summed E-state index contributed by atoms with van der Waals surface area (Å²) in [7, 11) is 1.62. The minimum absolute atomic E-state index is 0.000540. The van der Waals surface area contributed by atoms with Gasteiger partial charge in [-0.1, -0.05) is 20.8 Å². The Bertz CT molecular complexity index is 931. The fraction of sp³-hybridized carbons (Fsp3) is 0.409. The average molecular weight is 380 g/mol. The number of imidazole rings is 1. The SMILES string of the molecule is CCCn1c(CN(CC(C)C)C(=O)c2ccc(OC)cc2)nc2cccnc21. The first-order valence-electron chi connectivity index (χ1n) is 9.77. The van der Waals surface area contributed by atoms with Crippen molar-refractivity contribution in [1.82, 2.24) is 19.4 Å². The van der Waals surface area contributed by atoms with Crippen LogP contribution in [0.1, 0.15) is 43.4 Å². The van der Waals surface area contributed by atoms with Crippen LogP contribution >= 0.6 is 0 Å². The number of aryl methyl sites for hydroxylation is 1. The lowest BCUT2D eigenvalue weighted by molar-refractivity contribution is 0.0716. The highest BCUT2D eigenvalue weighted by molar-refractivity contribution is 5.94. The number of carbonyl (C=O) groups excluding carboxylic acids is 1. The lowest BCUT2D eigenvalue weighted by Gasteiger charge is -2.25. The van der Waals surface area contributed by atoms with E-state index in [9.17, 15) is 4.79 Å². The number of amides is 1. The predicted molar refractivity (Wildman–Crippen MR) is 110 cm³/mol. The summed E-state index contributed by atoms with van der Waals surface area (Å²) in [5.74, 6) is 1.96. The molecule has 2 heterocycles. The molecule has 0 N–H and O–H groups in total. The molecule has 0 fully saturated rings. The number of benzene rings is 1. The van der Waals surface area contributed by atoms with E-state index in [2.05, 4.69) is 30.3 Å². The molecule has 0 unspecified atom stereocenters. The van der Waals surface area contributed by atoms with Crippen LogP contribution in [0.5, 0.6) is 5.75 Å². The van der Waals surface area contributed by atoms with E-state index < -0.39 is 0 Å². The van der Waals surface area contributed by atoms with Gasteiger partial charge in [0.15, 0.2) is 5.65 Å². The van der Waals surface area contributed by atoms with Crippen LogP contribution in [0.2, 0.25) is 0 Å². The van der Waals surface area contributed by atoms with Gasteiger partial charge in [0.1, 0.15) is 17.1 Å². The zero-order valence-electron chi connectivity index (χ0n) is 17.1. The van der Waals surface area contributed by atoms with Crippen LogP contribution in [0.15, 0.2) is 42.6 Å². The monoisotopic (exact) mass is 380 g/mol. The summed E-state index contributed by atoms with van der Waals surface area (Å²) in [6.45, 7) is 8.31. The number of rotatable bonds is 8. The molecule has 6 heteroatoms. The van der Waals surface area contributed by atoms with Crippen LogP contribution < -0.4 is 4.74 Å². The van der Waals surface area contributed by atoms with Gasteiger partial charge in [0.05, 0.1) is 13.7 Å². The van der Waals surface area contributed by atoms with Crippen LogP contribution in [0.25, 0.3) is 11.2 Å².